The normalized spacial score (nSPS) is 11.7. The molecule has 2 N–H and O–H groups in total. The van der Waals surface area contributed by atoms with Gasteiger partial charge in [-0.2, -0.15) is 5.10 Å². The van der Waals surface area contributed by atoms with Gasteiger partial charge in [-0.15, -0.1) is 0 Å². The number of hydrogen-bond acceptors (Lipinski definition) is 4. The summed E-state index contributed by atoms with van der Waals surface area (Å²) in [5.41, 5.74) is 2.34. The molecule has 0 spiro atoms. The van der Waals surface area contributed by atoms with E-state index in [1.54, 1.807) is 11.8 Å². The third kappa shape index (κ3) is 6.18. The Hall–Kier alpha value is -3.61. The number of carbonyl (C=O) groups is 2. The lowest BCUT2D eigenvalue weighted by Gasteiger charge is -2.19. The Labute approximate surface area is 182 Å². The van der Waals surface area contributed by atoms with Crippen molar-refractivity contribution >= 4 is 11.8 Å². The van der Waals surface area contributed by atoms with Crippen LogP contribution in [0.2, 0.25) is 0 Å². The Bertz CT molecular complexity index is 997. The first-order chi connectivity index (χ1) is 15.0. The zero-order valence-electron chi connectivity index (χ0n) is 18.0. The molecule has 1 unspecified atom stereocenters. The second kappa shape index (κ2) is 10.4. The van der Waals surface area contributed by atoms with Crippen molar-refractivity contribution in [2.24, 2.45) is 5.92 Å². The van der Waals surface area contributed by atoms with Gasteiger partial charge in [0, 0.05) is 12.6 Å². The van der Waals surface area contributed by atoms with E-state index in [0.717, 1.165) is 17.0 Å². The molecule has 3 rings (SSSR count). The van der Waals surface area contributed by atoms with Gasteiger partial charge in [-0.25, -0.2) is 4.68 Å². The molecule has 2 amide bonds. The van der Waals surface area contributed by atoms with Gasteiger partial charge in [0.15, 0.2) is 0 Å². The molecular weight excluding hydrogens is 392 g/mol. The number of benzene rings is 2. The summed E-state index contributed by atoms with van der Waals surface area (Å²) in [7, 11) is 1.62. The Balaban J connectivity index is 1.66. The number of aromatic nitrogens is 2. The number of hydrogen-bond donors (Lipinski definition) is 2. The van der Waals surface area contributed by atoms with Crippen molar-refractivity contribution in [3.8, 4) is 11.4 Å². The van der Waals surface area contributed by atoms with Crippen LogP contribution in [0.1, 0.15) is 37.6 Å². The fourth-order valence-electron chi connectivity index (χ4n) is 3.15. The van der Waals surface area contributed by atoms with Crippen LogP contribution in [0.15, 0.2) is 66.9 Å². The van der Waals surface area contributed by atoms with Crippen molar-refractivity contribution in [3.63, 3.8) is 0 Å². The van der Waals surface area contributed by atoms with Crippen molar-refractivity contribution in [3.05, 3.63) is 78.1 Å². The van der Waals surface area contributed by atoms with E-state index in [9.17, 15) is 9.59 Å². The zero-order chi connectivity index (χ0) is 22.2. The number of ether oxygens (including phenoxy) is 1. The van der Waals surface area contributed by atoms with Gasteiger partial charge in [-0.05, 0) is 41.8 Å². The van der Waals surface area contributed by atoms with Crippen LogP contribution in [-0.4, -0.2) is 28.7 Å². The molecular formula is C24H28N4O3. The second-order valence-electron chi connectivity index (χ2n) is 7.68. The van der Waals surface area contributed by atoms with E-state index < -0.39 is 6.04 Å². The molecule has 7 nitrogen and oxygen atoms in total. The van der Waals surface area contributed by atoms with Gasteiger partial charge in [0.25, 0.3) is 0 Å². The molecule has 3 aromatic rings. The summed E-state index contributed by atoms with van der Waals surface area (Å²) in [6, 6.07) is 17.9. The van der Waals surface area contributed by atoms with E-state index in [1.807, 2.05) is 80.7 Å². The van der Waals surface area contributed by atoms with Crippen molar-refractivity contribution < 1.29 is 14.3 Å². The minimum Gasteiger partial charge on any atom is -0.497 e. The molecule has 0 saturated carbocycles. The van der Waals surface area contributed by atoms with Crippen LogP contribution in [-0.2, 0) is 16.1 Å². The summed E-state index contributed by atoms with van der Waals surface area (Å²) in [5.74, 6) is 0.557. The summed E-state index contributed by atoms with van der Waals surface area (Å²) < 4.78 is 6.91. The summed E-state index contributed by atoms with van der Waals surface area (Å²) in [4.78, 5) is 25.2. The van der Waals surface area contributed by atoms with Gasteiger partial charge in [-0.1, -0.05) is 44.2 Å². The van der Waals surface area contributed by atoms with Crippen LogP contribution in [0.3, 0.4) is 0 Å². The summed E-state index contributed by atoms with van der Waals surface area (Å²) in [5, 5.41) is 10.3. The van der Waals surface area contributed by atoms with Gasteiger partial charge >= 0.3 is 0 Å². The molecule has 2 aromatic carbocycles. The van der Waals surface area contributed by atoms with Gasteiger partial charge in [0.2, 0.25) is 11.8 Å². The Morgan fingerprint density at radius 1 is 1.03 bits per heavy atom. The maximum atomic E-state index is 12.9. The minimum atomic E-state index is -0.754. The lowest BCUT2D eigenvalue weighted by Crippen LogP contribution is -2.40. The number of methoxy groups -OCH3 is 1. The zero-order valence-corrected chi connectivity index (χ0v) is 18.0. The highest BCUT2D eigenvalue weighted by Gasteiger charge is 2.23. The molecule has 0 aliphatic carbocycles. The SMILES string of the molecule is COc1ccc(-n2ccc(CNC(=O)C(NC(=O)CC(C)C)c3ccccc3)n2)cc1. The van der Waals surface area contributed by atoms with Crippen LogP contribution in [0.5, 0.6) is 5.75 Å². The molecule has 0 fully saturated rings. The maximum absolute atomic E-state index is 12.9. The first-order valence-electron chi connectivity index (χ1n) is 10.3. The molecule has 1 atom stereocenters. The number of nitrogens with zero attached hydrogens (tertiary/aromatic N) is 2. The average molecular weight is 421 g/mol. The molecule has 1 aromatic heterocycles. The van der Waals surface area contributed by atoms with Crippen molar-refractivity contribution in [2.45, 2.75) is 32.9 Å². The minimum absolute atomic E-state index is 0.150. The van der Waals surface area contributed by atoms with E-state index in [1.165, 1.54) is 0 Å². The van der Waals surface area contributed by atoms with Crippen LogP contribution >= 0.6 is 0 Å². The van der Waals surface area contributed by atoms with E-state index in [2.05, 4.69) is 15.7 Å². The van der Waals surface area contributed by atoms with Gasteiger partial charge in [0.05, 0.1) is 25.0 Å². The first-order valence-corrected chi connectivity index (χ1v) is 10.3. The third-order valence-corrected chi connectivity index (χ3v) is 4.72. The smallest absolute Gasteiger partial charge is 0.247 e. The van der Waals surface area contributed by atoms with Gasteiger partial charge in [0.1, 0.15) is 11.8 Å². The van der Waals surface area contributed by atoms with Crippen LogP contribution in [0.4, 0.5) is 0 Å². The summed E-state index contributed by atoms with van der Waals surface area (Å²) in [6.45, 7) is 4.19. The highest BCUT2D eigenvalue weighted by atomic mass is 16.5. The quantitative estimate of drug-likeness (QED) is 0.556. The van der Waals surface area contributed by atoms with Crippen LogP contribution in [0, 0.1) is 5.92 Å². The topological polar surface area (TPSA) is 85.2 Å². The highest BCUT2D eigenvalue weighted by Crippen LogP contribution is 2.16. The fraction of sp³-hybridized carbons (Fsp3) is 0.292. The largest absolute Gasteiger partial charge is 0.497 e. The Morgan fingerprint density at radius 2 is 1.74 bits per heavy atom. The van der Waals surface area contributed by atoms with E-state index in [4.69, 9.17) is 4.74 Å². The predicted molar refractivity (Wildman–Crippen MR) is 119 cm³/mol. The van der Waals surface area contributed by atoms with Crippen LogP contribution < -0.4 is 15.4 Å². The van der Waals surface area contributed by atoms with Crippen molar-refractivity contribution in [2.75, 3.05) is 7.11 Å². The molecule has 0 aliphatic heterocycles. The molecule has 0 aliphatic rings. The molecule has 7 heteroatoms. The van der Waals surface area contributed by atoms with Gasteiger partial charge < -0.3 is 15.4 Å². The molecule has 0 saturated heterocycles. The fourth-order valence-corrected chi connectivity index (χ4v) is 3.15. The predicted octanol–water partition coefficient (Wildman–Crippen LogP) is 3.40. The standard InChI is InChI=1S/C24H28N4O3/c1-17(2)15-22(29)26-23(18-7-5-4-6-8-18)24(30)25-16-19-13-14-28(27-19)20-9-11-21(31-3)12-10-20/h4-14,17,23H,15-16H2,1-3H3,(H,25,30)(H,26,29). The van der Waals surface area contributed by atoms with Crippen molar-refractivity contribution in [1.29, 1.82) is 0 Å². The lowest BCUT2D eigenvalue weighted by atomic mass is 10.0. The average Bonchev–Trinajstić information content (AvgIpc) is 3.25. The molecule has 0 bridgehead atoms. The van der Waals surface area contributed by atoms with E-state index >= 15 is 0 Å². The molecule has 0 radical (unpaired) electrons. The second-order valence-corrected chi connectivity index (χ2v) is 7.68. The molecule has 31 heavy (non-hydrogen) atoms. The highest BCUT2D eigenvalue weighted by molar-refractivity contribution is 5.88. The lowest BCUT2D eigenvalue weighted by molar-refractivity contribution is -0.129. The van der Waals surface area contributed by atoms with Crippen LogP contribution in [0.25, 0.3) is 5.69 Å². The number of carbonyl (C=O) groups excluding carboxylic acids is 2. The molecule has 1 heterocycles. The number of nitrogens with one attached hydrogen (secondary N) is 2. The molecule has 162 valence electrons. The van der Waals surface area contributed by atoms with Crippen molar-refractivity contribution in [1.82, 2.24) is 20.4 Å². The van der Waals surface area contributed by atoms with Gasteiger partial charge in [-0.3, -0.25) is 9.59 Å². The summed E-state index contributed by atoms with van der Waals surface area (Å²) >= 11 is 0. The number of rotatable bonds is 9. The van der Waals surface area contributed by atoms with E-state index in [0.29, 0.717) is 12.1 Å². The van der Waals surface area contributed by atoms with E-state index in [-0.39, 0.29) is 24.3 Å². The number of amides is 2. The Morgan fingerprint density at radius 3 is 2.39 bits per heavy atom. The Kier molecular flexibility index (Phi) is 7.43. The maximum Gasteiger partial charge on any atom is 0.247 e. The monoisotopic (exact) mass is 420 g/mol. The first kappa shape index (κ1) is 22.1. The summed E-state index contributed by atoms with van der Waals surface area (Å²) in [6.07, 6.45) is 2.20. The third-order valence-electron chi connectivity index (χ3n) is 4.72.